The lowest BCUT2D eigenvalue weighted by Gasteiger charge is -2.37. The summed E-state index contributed by atoms with van der Waals surface area (Å²) in [4.78, 5) is 3.49. The maximum absolute atomic E-state index is 5.53. The number of rotatable bonds is 5. The average molecular weight is 439 g/mol. The topological polar surface area (TPSA) is 27.3 Å². The fourth-order valence-electron chi connectivity index (χ4n) is 4.88. The Bertz CT molecular complexity index is 773. The lowest BCUT2D eigenvalue weighted by Crippen LogP contribution is -3.24. The summed E-state index contributed by atoms with van der Waals surface area (Å²) in [5.74, 6) is 1.72. The van der Waals surface area contributed by atoms with Crippen molar-refractivity contribution in [3.63, 3.8) is 0 Å². The van der Waals surface area contributed by atoms with Crippen LogP contribution in [0.2, 0.25) is 0 Å². The van der Waals surface area contributed by atoms with Crippen molar-refractivity contribution >= 4 is 0 Å². The van der Waals surface area contributed by atoms with Crippen molar-refractivity contribution in [1.29, 1.82) is 0 Å². The number of piperidine rings is 1. The first-order valence-electron chi connectivity index (χ1n) is 10.2. The van der Waals surface area contributed by atoms with Crippen LogP contribution >= 0.6 is 0 Å². The minimum atomic E-state index is 0. The summed E-state index contributed by atoms with van der Waals surface area (Å²) in [6.07, 6.45) is 3.83. The molecular weight excluding hydrogens is 407 g/mol. The van der Waals surface area contributed by atoms with Gasteiger partial charge in [-0.2, -0.15) is 0 Å². The predicted molar refractivity (Wildman–Crippen MR) is 107 cm³/mol. The lowest BCUT2D eigenvalue weighted by atomic mass is 9.95. The van der Waals surface area contributed by atoms with Crippen molar-refractivity contribution in [3.05, 3.63) is 59.2 Å². The van der Waals surface area contributed by atoms with E-state index >= 15 is 0 Å². The lowest BCUT2D eigenvalue weighted by molar-refractivity contribution is -0.998. The van der Waals surface area contributed by atoms with Gasteiger partial charge in [0.25, 0.3) is 0 Å². The molecule has 0 bridgehead atoms. The summed E-state index contributed by atoms with van der Waals surface area (Å²) in [6, 6.07) is 16.1. The van der Waals surface area contributed by atoms with Crippen molar-refractivity contribution in [2.45, 2.75) is 38.4 Å². The highest BCUT2D eigenvalue weighted by atomic mass is 35.5. The Labute approximate surface area is 187 Å². The zero-order valence-corrected chi connectivity index (χ0v) is 18.9. The molecule has 29 heavy (non-hydrogen) atoms. The molecule has 2 N–H and O–H groups in total. The summed E-state index contributed by atoms with van der Waals surface area (Å²) >= 11 is 0. The van der Waals surface area contributed by atoms with E-state index in [-0.39, 0.29) is 24.8 Å². The molecule has 0 aromatic heterocycles. The molecule has 2 aromatic carbocycles. The van der Waals surface area contributed by atoms with Gasteiger partial charge in [-0.05, 0) is 17.7 Å². The van der Waals surface area contributed by atoms with Crippen molar-refractivity contribution in [1.82, 2.24) is 0 Å². The summed E-state index contributed by atoms with van der Waals surface area (Å²) < 4.78 is 11.0. The molecule has 3 atom stereocenters. The highest BCUT2D eigenvalue weighted by molar-refractivity contribution is 5.47. The van der Waals surface area contributed by atoms with Crippen LogP contribution in [-0.2, 0) is 19.5 Å². The fourth-order valence-corrected chi connectivity index (χ4v) is 4.88. The van der Waals surface area contributed by atoms with Gasteiger partial charge in [0.1, 0.15) is 25.7 Å². The van der Waals surface area contributed by atoms with Crippen molar-refractivity contribution in [2.24, 2.45) is 0 Å². The molecule has 0 amide bonds. The molecule has 6 heteroatoms. The van der Waals surface area contributed by atoms with Gasteiger partial charge in [0.05, 0.1) is 27.3 Å². The fraction of sp³-hybridized carbons (Fsp3) is 0.478. The first kappa shape index (κ1) is 23.8. The molecule has 1 saturated heterocycles. The number of halogens is 2. The number of hydrogen-bond acceptors (Lipinski definition) is 2. The molecule has 0 radical (unpaired) electrons. The van der Waals surface area contributed by atoms with E-state index < -0.39 is 0 Å². The Morgan fingerprint density at radius 3 is 2.31 bits per heavy atom. The van der Waals surface area contributed by atoms with E-state index in [9.17, 15) is 0 Å². The predicted octanol–water partition coefficient (Wildman–Crippen LogP) is -5.10. The molecule has 4 rings (SSSR count). The molecule has 160 valence electrons. The van der Waals surface area contributed by atoms with Gasteiger partial charge in [-0.3, -0.25) is 0 Å². The molecule has 2 heterocycles. The number of ether oxygens (including phenoxy) is 2. The first-order chi connectivity index (χ1) is 13.3. The zero-order chi connectivity index (χ0) is 18.6. The van der Waals surface area contributed by atoms with Gasteiger partial charge in [0.2, 0.25) is 0 Å². The Balaban J connectivity index is 0.00000150. The monoisotopic (exact) mass is 438 g/mol. The summed E-state index contributed by atoms with van der Waals surface area (Å²) in [6.45, 7) is 6.09. The minimum absolute atomic E-state index is 0. The number of likely N-dealkylation sites (tertiary alicyclic amines) is 1. The van der Waals surface area contributed by atoms with Crippen LogP contribution in [0.25, 0.3) is 0 Å². The van der Waals surface area contributed by atoms with E-state index in [2.05, 4.69) is 42.5 Å². The van der Waals surface area contributed by atoms with E-state index in [0.717, 1.165) is 37.1 Å². The summed E-state index contributed by atoms with van der Waals surface area (Å²) in [5.41, 5.74) is 4.33. The van der Waals surface area contributed by atoms with Gasteiger partial charge in [-0.15, -0.1) is 0 Å². The second kappa shape index (κ2) is 11.1. The summed E-state index contributed by atoms with van der Waals surface area (Å²) in [7, 11) is 3.44. The third-order valence-electron chi connectivity index (χ3n) is 6.33. The van der Waals surface area contributed by atoms with E-state index in [1.54, 1.807) is 24.0 Å². The third-order valence-corrected chi connectivity index (χ3v) is 6.33. The molecule has 4 nitrogen and oxygen atoms in total. The number of methoxy groups -OCH3 is 2. The van der Waals surface area contributed by atoms with Crippen LogP contribution in [0, 0.1) is 0 Å². The van der Waals surface area contributed by atoms with Gasteiger partial charge in [-0.25, -0.2) is 0 Å². The average Bonchev–Trinajstić information content (AvgIpc) is 2.73. The standard InChI is InChI=1S/C23H30N2O2.2ClH/c1-26-22-13-19-10-12-25(16-20(19)14-23(22)27-2)21-9-6-11-24(17-21)15-18-7-4-3-5-8-18;;/h3-5,7-8,13-14,21H,6,9-12,15-17H2,1-2H3;2*1H. The molecule has 0 aliphatic carbocycles. The van der Waals surface area contributed by atoms with Crippen LogP contribution in [-0.4, -0.2) is 39.9 Å². The second-order valence-corrected chi connectivity index (χ2v) is 8.02. The number of quaternary nitrogens is 2. The van der Waals surface area contributed by atoms with Gasteiger partial charge < -0.3 is 44.1 Å². The highest BCUT2D eigenvalue weighted by Crippen LogP contribution is 2.31. The normalized spacial score (nSPS) is 23.2. The molecule has 2 aliphatic rings. The van der Waals surface area contributed by atoms with Crippen molar-refractivity contribution in [2.75, 3.05) is 33.9 Å². The van der Waals surface area contributed by atoms with Crippen LogP contribution in [0.15, 0.2) is 42.5 Å². The zero-order valence-electron chi connectivity index (χ0n) is 17.3. The number of benzene rings is 2. The molecule has 3 unspecified atom stereocenters. The molecule has 2 aromatic rings. The Morgan fingerprint density at radius 1 is 0.931 bits per heavy atom. The quantitative estimate of drug-likeness (QED) is 0.488. The largest absolute Gasteiger partial charge is 1.00 e. The first-order valence-corrected chi connectivity index (χ1v) is 10.2. The van der Waals surface area contributed by atoms with Crippen molar-refractivity contribution in [3.8, 4) is 11.5 Å². The molecule has 2 aliphatic heterocycles. The van der Waals surface area contributed by atoms with E-state index in [1.165, 1.54) is 49.2 Å². The van der Waals surface area contributed by atoms with Crippen LogP contribution in [0.4, 0.5) is 0 Å². The Hall–Kier alpha value is -1.46. The molecule has 0 saturated carbocycles. The van der Waals surface area contributed by atoms with Gasteiger partial charge >= 0.3 is 0 Å². The van der Waals surface area contributed by atoms with Gasteiger partial charge in [0.15, 0.2) is 11.5 Å². The highest BCUT2D eigenvalue weighted by Gasteiger charge is 2.33. The number of hydrogen-bond donors (Lipinski definition) is 2. The van der Waals surface area contributed by atoms with Crippen LogP contribution in [0.3, 0.4) is 0 Å². The van der Waals surface area contributed by atoms with Gasteiger partial charge in [0, 0.05) is 30.4 Å². The minimum Gasteiger partial charge on any atom is -1.00 e. The van der Waals surface area contributed by atoms with Crippen LogP contribution in [0.1, 0.15) is 29.5 Å². The second-order valence-electron chi connectivity index (χ2n) is 8.02. The van der Waals surface area contributed by atoms with Crippen molar-refractivity contribution < 1.29 is 44.1 Å². The number of fused-ring (bicyclic) bond motifs is 1. The van der Waals surface area contributed by atoms with E-state index in [1.807, 2.05) is 0 Å². The molecule has 0 spiro atoms. The summed E-state index contributed by atoms with van der Waals surface area (Å²) in [5, 5.41) is 0. The maximum Gasteiger partial charge on any atom is 0.161 e. The van der Waals surface area contributed by atoms with Gasteiger partial charge in [-0.1, -0.05) is 30.3 Å². The van der Waals surface area contributed by atoms with Crippen LogP contribution in [0.5, 0.6) is 11.5 Å². The van der Waals surface area contributed by atoms with E-state index in [0.29, 0.717) is 0 Å². The van der Waals surface area contributed by atoms with Crippen LogP contribution < -0.4 is 44.1 Å². The number of nitrogens with one attached hydrogen (secondary N) is 2. The maximum atomic E-state index is 5.53. The molecule has 1 fully saturated rings. The molecular formula is C23H32Cl2N2O2. The smallest absolute Gasteiger partial charge is 0.161 e. The SMILES string of the molecule is COc1cc2c(cc1OC)C[NH+](C1CCC[NH+](Cc3ccccc3)C1)CC2.[Cl-].[Cl-]. The Morgan fingerprint density at radius 2 is 1.62 bits per heavy atom. The Kier molecular flexibility index (Phi) is 9.09. The third kappa shape index (κ3) is 5.58. The van der Waals surface area contributed by atoms with E-state index in [4.69, 9.17) is 9.47 Å².